The number of ether oxygens (including phenoxy) is 1. The first kappa shape index (κ1) is 20.2. The molecule has 1 amide bonds. The second-order valence-corrected chi connectivity index (χ2v) is 8.48. The standard InChI is InChI=1S/C25H28FN3O2/c26-19-8-5-17(6-9-19)24(29-11-13-31-14-12-29)16-27-25(30)18-7-10-23-21(15-18)20-3-1-2-4-22(20)28-23/h5-10,15,24,28H,1-4,11-14,16H2,(H,27,30)/t24-/m1/s1. The molecule has 5 rings (SSSR count). The van der Waals surface area contributed by atoms with Crippen molar-refractivity contribution in [3.05, 3.63) is 70.7 Å². The molecule has 6 heteroatoms. The quantitative estimate of drug-likeness (QED) is 0.655. The summed E-state index contributed by atoms with van der Waals surface area (Å²) < 4.78 is 18.9. The van der Waals surface area contributed by atoms with Gasteiger partial charge >= 0.3 is 0 Å². The van der Waals surface area contributed by atoms with Crippen LogP contribution in [0.3, 0.4) is 0 Å². The fraction of sp³-hybridized carbons (Fsp3) is 0.400. The van der Waals surface area contributed by atoms with Crippen LogP contribution in [-0.4, -0.2) is 48.6 Å². The van der Waals surface area contributed by atoms with Crippen molar-refractivity contribution < 1.29 is 13.9 Å². The number of aromatic amines is 1. The van der Waals surface area contributed by atoms with E-state index in [1.807, 2.05) is 18.2 Å². The first-order valence-corrected chi connectivity index (χ1v) is 11.2. The van der Waals surface area contributed by atoms with Crippen molar-refractivity contribution in [2.75, 3.05) is 32.8 Å². The lowest BCUT2D eigenvalue weighted by Gasteiger charge is -2.35. The molecule has 0 unspecified atom stereocenters. The number of fused-ring (bicyclic) bond motifs is 3. The molecule has 0 saturated carbocycles. The monoisotopic (exact) mass is 421 g/mol. The number of nitrogens with zero attached hydrogens (tertiary/aromatic N) is 1. The van der Waals surface area contributed by atoms with Gasteiger partial charge in [-0.2, -0.15) is 0 Å². The van der Waals surface area contributed by atoms with E-state index in [0.717, 1.165) is 37.0 Å². The minimum atomic E-state index is -0.253. The van der Waals surface area contributed by atoms with Crippen molar-refractivity contribution in [2.45, 2.75) is 31.7 Å². The number of aryl methyl sites for hydroxylation is 2. The number of nitrogens with one attached hydrogen (secondary N) is 2. The van der Waals surface area contributed by atoms with Gasteiger partial charge in [0, 0.05) is 41.8 Å². The highest BCUT2D eigenvalue weighted by molar-refractivity contribution is 5.99. The van der Waals surface area contributed by atoms with Crippen molar-refractivity contribution in [3.63, 3.8) is 0 Å². The third-order valence-corrected chi connectivity index (χ3v) is 6.56. The molecule has 0 spiro atoms. The van der Waals surface area contributed by atoms with Gasteiger partial charge in [-0.05, 0) is 67.1 Å². The molecule has 2 aliphatic rings. The number of benzene rings is 2. The molecule has 1 aliphatic carbocycles. The van der Waals surface area contributed by atoms with Gasteiger partial charge in [-0.1, -0.05) is 12.1 Å². The van der Waals surface area contributed by atoms with Crippen LogP contribution in [0.25, 0.3) is 10.9 Å². The first-order valence-electron chi connectivity index (χ1n) is 11.2. The number of aromatic nitrogens is 1. The molecule has 1 fully saturated rings. The number of H-pyrrole nitrogens is 1. The molecule has 1 aliphatic heterocycles. The fourth-order valence-electron chi connectivity index (χ4n) is 4.87. The lowest BCUT2D eigenvalue weighted by Crippen LogP contribution is -2.43. The smallest absolute Gasteiger partial charge is 0.251 e. The lowest BCUT2D eigenvalue weighted by atomic mass is 9.95. The number of halogens is 1. The van der Waals surface area contributed by atoms with E-state index in [9.17, 15) is 9.18 Å². The summed E-state index contributed by atoms with van der Waals surface area (Å²) >= 11 is 0. The summed E-state index contributed by atoms with van der Waals surface area (Å²) in [5.74, 6) is -0.329. The van der Waals surface area contributed by atoms with E-state index in [1.54, 1.807) is 12.1 Å². The molecule has 31 heavy (non-hydrogen) atoms. The normalized spacial score (nSPS) is 18.0. The van der Waals surface area contributed by atoms with Gasteiger partial charge in [-0.25, -0.2) is 4.39 Å². The van der Waals surface area contributed by atoms with Gasteiger partial charge in [-0.3, -0.25) is 9.69 Å². The summed E-state index contributed by atoms with van der Waals surface area (Å²) in [6.45, 7) is 3.38. The Morgan fingerprint density at radius 3 is 2.68 bits per heavy atom. The largest absolute Gasteiger partial charge is 0.379 e. The van der Waals surface area contributed by atoms with Crippen LogP contribution in [0.1, 0.15) is 46.1 Å². The summed E-state index contributed by atoms with van der Waals surface area (Å²) in [4.78, 5) is 18.8. The highest BCUT2D eigenvalue weighted by Crippen LogP contribution is 2.30. The molecule has 1 saturated heterocycles. The van der Waals surface area contributed by atoms with E-state index in [-0.39, 0.29) is 17.8 Å². The van der Waals surface area contributed by atoms with E-state index < -0.39 is 0 Å². The average Bonchev–Trinajstić information content (AvgIpc) is 3.19. The highest BCUT2D eigenvalue weighted by atomic mass is 19.1. The van der Waals surface area contributed by atoms with E-state index in [1.165, 1.54) is 41.6 Å². The number of morpholine rings is 1. The summed E-state index contributed by atoms with van der Waals surface area (Å²) in [7, 11) is 0. The van der Waals surface area contributed by atoms with Crippen LogP contribution in [0, 0.1) is 5.82 Å². The lowest BCUT2D eigenvalue weighted by molar-refractivity contribution is 0.0162. The maximum absolute atomic E-state index is 13.4. The van der Waals surface area contributed by atoms with Crippen LogP contribution in [0.15, 0.2) is 42.5 Å². The third-order valence-electron chi connectivity index (χ3n) is 6.56. The van der Waals surface area contributed by atoms with Crippen molar-refractivity contribution in [3.8, 4) is 0 Å². The minimum absolute atomic E-state index is 0.0165. The first-order chi connectivity index (χ1) is 15.2. The van der Waals surface area contributed by atoms with Gasteiger partial charge in [0.05, 0.1) is 19.3 Å². The Morgan fingerprint density at radius 2 is 1.87 bits per heavy atom. The molecule has 3 aromatic rings. The second kappa shape index (κ2) is 8.81. The highest BCUT2D eigenvalue weighted by Gasteiger charge is 2.24. The predicted molar refractivity (Wildman–Crippen MR) is 119 cm³/mol. The van der Waals surface area contributed by atoms with Crippen molar-refractivity contribution in [1.29, 1.82) is 0 Å². The molecule has 162 valence electrons. The minimum Gasteiger partial charge on any atom is -0.379 e. The van der Waals surface area contributed by atoms with Crippen molar-refractivity contribution >= 4 is 16.8 Å². The molecule has 2 heterocycles. The number of rotatable bonds is 5. The third kappa shape index (κ3) is 4.23. The van der Waals surface area contributed by atoms with Gasteiger partial charge < -0.3 is 15.0 Å². The molecule has 5 nitrogen and oxygen atoms in total. The zero-order valence-electron chi connectivity index (χ0n) is 17.6. The Kier molecular flexibility index (Phi) is 5.74. The van der Waals surface area contributed by atoms with Gasteiger partial charge in [-0.15, -0.1) is 0 Å². The number of carbonyl (C=O) groups excluding carboxylic acids is 1. The van der Waals surface area contributed by atoms with Crippen molar-refractivity contribution in [2.24, 2.45) is 0 Å². The van der Waals surface area contributed by atoms with Gasteiger partial charge in [0.25, 0.3) is 5.91 Å². The molecule has 2 N–H and O–H groups in total. The summed E-state index contributed by atoms with van der Waals surface area (Å²) in [6.07, 6.45) is 4.59. The summed E-state index contributed by atoms with van der Waals surface area (Å²) in [6, 6.07) is 12.5. The molecular formula is C25H28FN3O2. The Hall–Kier alpha value is -2.70. The van der Waals surface area contributed by atoms with Gasteiger partial charge in [0.2, 0.25) is 0 Å². The Balaban J connectivity index is 1.35. The predicted octanol–water partition coefficient (Wildman–Crippen LogP) is 3.99. The van der Waals surface area contributed by atoms with E-state index in [0.29, 0.717) is 25.3 Å². The molecule has 1 atom stereocenters. The maximum Gasteiger partial charge on any atom is 0.251 e. The molecule has 0 bridgehead atoms. The number of hydrogen-bond acceptors (Lipinski definition) is 3. The Labute approximate surface area is 181 Å². The number of carbonyl (C=O) groups is 1. The second-order valence-electron chi connectivity index (χ2n) is 8.48. The van der Waals surface area contributed by atoms with Crippen LogP contribution in [0.2, 0.25) is 0 Å². The molecule has 2 aromatic carbocycles. The summed E-state index contributed by atoms with van der Waals surface area (Å²) in [5.41, 5.74) is 5.48. The summed E-state index contributed by atoms with van der Waals surface area (Å²) in [5, 5.41) is 4.29. The Bertz CT molecular complexity index is 1070. The molecule has 0 radical (unpaired) electrons. The van der Waals surface area contributed by atoms with Crippen LogP contribution in [-0.2, 0) is 17.6 Å². The van der Waals surface area contributed by atoms with Crippen LogP contribution in [0.4, 0.5) is 4.39 Å². The van der Waals surface area contributed by atoms with Gasteiger partial charge in [0.1, 0.15) is 5.82 Å². The van der Waals surface area contributed by atoms with Crippen LogP contribution in [0.5, 0.6) is 0 Å². The van der Waals surface area contributed by atoms with Crippen molar-refractivity contribution in [1.82, 2.24) is 15.2 Å². The number of hydrogen-bond donors (Lipinski definition) is 2. The number of amides is 1. The zero-order valence-corrected chi connectivity index (χ0v) is 17.6. The topological polar surface area (TPSA) is 57.4 Å². The van der Waals surface area contributed by atoms with E-state index in [2.05, 4.69) is 15.2 Å². The fourth-order valence-corrected chi connectivity index (χ4v) is 4.87. The van der Waals surface area contributed by atoms with Gasteiger partial charge in [0.15, 0.2) is 0 Å². The average molecular weight is 422 g/mol. The molecule has 1 aromatic heterocycles. The molecular weight excluding hydrogens is 393 g/mol. The van der Waals surface area contributed by atoms with E-state index in [4.69, 9.17) is 4.74 Å². The zero-order chi connectivity index (χ0) is 21.2. The Morgan fingerprint density at radius 1 is 1.10 bits per heavy atom. The van der Waals surface area contributed by atoms with E-state index >= 15 is 0 Å². The van der Waals surface area contributed by atoms with Crippen LogP contribution >= 0.6 is 0 Å². The SMILES string of the molecule is O=C(NC[C@H](c1ccc(F)cc1)N1CCOCC1)c1ccc2[nH]c3c(c2c1)CCCC3. The van der Waals surface area contributed by atoms with Crippen LogP contribution < -0.4 is 5.32 Å². The maximum atomic E-state index is 13.4.